The van der Waals surface area contributed by atoms with E-state index in [9.17, 15) is 4.79 Å². The first-order valence-corrected chi connectivity index (χ1v) is 6.93. The third-order valence-electron chi connectivity index (χ3n) is 4.86. The van der Waals surface area contributed by atoms with Crippen molar-refractivity contribution in [1.29, 1.82) is 0 Å². The van der Waals surface area contributed by atoms with E-state index in [2.05, 4.69) is 29.2 Å². The molecule has 92 valence electrons. The second-order valence-electron chi connectivity index (χ2n) is 5.63. The highest BCUT2D eigenvalue weighted by Gasteiger charge is 2.51. The summed E-state index contributed by atoms with van der Waals surface area (Å²) in [7, 11) is 0. The summed E-state index contributed by atoms with van der Waals surface area (Å²) in [5.74, 6) is 0.237. The number of hydrogen-bond donors (Lipinski definition) is 0. The van der Waals surface area contributed by atoms with Gasteiger partial charge in [0.25, 0.3) is 0 Å². The Labute approximate surface area is 107 Å². The average Bonchev–Trinajstić information content (AvgIpc) is 2.71. The number of carbonyl (C=O) groups is 1. The lowest BCUT2D eigenvalue weighted by atomic mass is 9.70. The second-order valence-corrected chi connectivity index (χ2v) is 5.63. The quantitative estimate of drug-likeness (QED) is 0.681. The molecule has 1 saturated carbocycles. The molecule has 1 unspecified atom stereocenters. The van der Waals surface area contributed by atoms with Gasteiger partial charge in [-0.2, -0.15) is 0 Å². The van der Waals surface area contributed by atoms with Crippen LogP contribution in [0.2, 0.25) is 0 Å². The minimum atomic E-state index is -0.0653. The van der Waals surface area contributed by atoms with E-state index in [4.69, 9.17) is 0 Å². The lowest BCUT2D eigenvalue weighted by Gasteiger charge is -2.48. The summed E-state index contributed by atoms with van der Waals surface area (Å²) in [4.78, 5) is 14.4. The highest BCUT2D eigenvalue weighted by molar-refractivity contribution is 5.94. The van der Waals surface area contributed by atoms with Crippen molar-refractivity contribution in [2.75, 3.05) is 6.54 Å². The number of carbonyl (C=O) groups excluding carboxylic acids is 1. The molecule has 2 heteroatoms. The fraction of sp³-hybridized carbons (Fsp3) is 0.438. The number of nitrogens with zero attached hydrogens (tertiary/aromatic N) is 1. The van der Waals surface area contributed by atoms with Gasteiger partial charge < -0.3 is 4.90 Å². The van der Waals surface area contributed by atoms with Crippen molar-refractivity contribution in [2.45, 2.75) is 37.6 Å². The van der Waals surface area contributed by atoms with Crippen LogP contribution in [0.3, 0.4) is 0 Å². The van der Waals surface area contributed by atoms with Crippen LogP contribution in [0.4, 0.5) is 0 Å². The molecule has 2 heterocycles. The van der Waals surface area contributed by atoms with Crippen molar-refractivity contribution in [3.8, 4) is 0 Å². The molecule has 1 atom stereocenters. The molecule has 0 radical (unpaired) electrons. The summed E-state index contributed by atoms with van der Waals surface area (Å²) < 4.78 is 0. The topological polar surface area (TPSA) is 20.3 Å². The highest BCUT2D eigenvalue weighted by Crippen LogP contribution is 2.52. The van der Waals surface area contributed by atoms with Crippen molar-refractivity contribution in [3.63, 3.8) is 0 Å². The molecule has 2 aliphatic heterocycles. The van der Waals surface area contributed by atoms with E-state index >= 15 is 0 Å². The monoisotopic (exact) mass is 239 g/mol. The third kappa shape index (κ3) is 1.11. The highest BCUT2D eigenvalue weighted by atomic mass is 16.2. The van der Waals surface area contributed by atoms with Crippen LogP contribution >= 0.6 is 0 Å². The summed E-state index contributed by atoms with van der Waals surface area (Å²) >= 11 is 0. The van der Waals surface area contributed by atoms with E-state index in [1.54, 1.807) is 0 Å². The van der Waals surface area contributed by atoms with E-state index in [-0.39, 0.29) is 11.4 Å². The first-order valence-electron chi connectivity index (χ1n) is 6.93. The van der Waals surface area contributed by atoms with Crippen molar-refractivity contribution in [1.82, 2.24) is 4.90 Å². The zero-order valence-corrected chi connectivity index (χ0v) is 10.5. The van der Waals surface area contributed by atoms with Crippen LogP contribution in [0.15, 0.2) is 35.9 Å². The van der Waals surface area contributed by atoms with Gasteiger partial charge in [-0.1, -0.05) is 30.7 Å². The lowest BCUT2D eigenvalue weighted by molar-refractivity contribution is -0.130. The van der Waals surface area contributed by atoms with Crippen LogP contribution in [-0.4, -0.2) is 17.4 Å². The van der Waals surface area contributed by atoms with E-state index in [1.807, 2.05) is 6.08 Å². The van der Waals surface area contributed by atoms with Crippen molar-refractivity contribution in [2.24, 2.45) is 0 Å². The maximum atomic E-state index is 12.2. The summed E-state index contributed by atoms with van der Waals surface area (Å²) in [6, 6.07) is 8.70. The van der Waals surface area contributed by atoms with Gasteiger partial charge in [0.1, 0.15) is 0 Å². The maximum absolute atomic E-state index is 12.2. The largest absolute Gasteiger partial charge is 0.325 e. The van der Waals surface area contributed by atoms with Gasteiger partial charge in [-0.15, -0.1) is 0 Å². The van der Waals surface area contributed by atoms with Crippen LogP contribution in [0.5, 0.6) is 0 Å². The van der Waals surface area contributed by atoms with Crippen LogP contribution in [0.25, 0.3) is 0 Å². The van der Waals surface area contributed by atoms with E-state index < -0.39 is 0 Å². The Morgan fingerprint density at radius 1 is 1.11 bits per heavy atom. The van der Waals surface area contributed by atoms with Gasteiger partial charge in [0.2, 0.25) is 5.91 Å². The van der Waals surface area contributed by atoms with E-state index in [1.165, 1.54) is 29.5 Å². The van der Waals surface area contributed by atoms with Crippen LogP contribution in [-0.2, 0) is 16.8 Å². The van der Waals surface area contributed by atoms with E-state index in [0.29, 0.717) is 0 Å². The molecule has 1 amide bonds. The van der Waals surface area contributed by atoms with E-state index in [0.717, 1.165) is 25.8 Å². The Morgan fingerprint density at radius 2 is 2.00 bits per heavy atom. The van der Waals surface area contributed by atoms with Gasteiger partial charge in [0.05, 0.1) is 5.54 Å². The van der Waals surface area contributed by atoms with Crippen molar-refractivity contribution < 1.29 is 4.79 Å². The van der Waals surface area contributed by atoms with Crippen LogP contribution in [0, 0.1) is 0 Å². The molecule has 0 aromatic heterocycles. The Morgan fingerprint density at radius 3 is 2.94 bits per heavy atom. The molecule has 18 heavy (non-hydrogen) atoms. The SMILES string of the molecule is O=C1C=C2CCCCC23c2ccccc2CCN13. The molecule has 1 aromatic rings. The normalized spacial score (nSPS) is 29.4. The Kier molecular flexibility index (Phi) is 2.00. The van der Waals surface area contributed by atoms with Gasteiger partial charge in [0, 0.05) is 12.6 Å². The number of hydrogen-bond acceptors (Lipinski definition) is 1. The summed E-state index contributed by atoms with van der Waals surface area (Å²) in [5, 5.41) is 0. The predicted octanol–water partition coefficient (Wildman–Crippen LogP) is 2.78. The fourth-order valence-corrected chi connectivity index (χ4v) is 4.11. The molecule has 1 aliphatic carbocycles. The van der Waals surface area contributed by atoms with Crippen molar-refractivity contribution in [3.05, 3.63) is 47.0 Å². The molecule has 0 bridgehead atoms. The minimum absolute atomic E-state index is 0.0653. The first-order chi connectivity index (χ1) is 8.82. The molecule has 1 fully saturated rings. The summed E-state index contributed by atoms with van der Waals surface area (Å²) in [6.45, 7) is 0.885. The Balaban J connectivity index is 1.97. The van der Waals surface area contributed by atoms with Gasteiger partial charge in [-0.3, -0.25) is 4.79 Å². The van der Waals surface area contributed by atoms with Crippen LogP contribution < -0.4 is 0 Å². The molecule has 0 saturated heterocycles. The smallest absolute Gasteiger partial charge is 0.247 e. The van der Waals surface area contributed by atoms with Crippen molar-refractivity contribution >= 4 is 5.91 Å². The Bertz CT molecular complexity index is 560. The number of fused-ring (bicyclic) bond motifs is 1. The molecule has 4 rings (SSSR count). The lowest BCUT2D eigenvalue weighted by Crippen LogP contribution is -2.51. The van der Waals surface area contributed by atoms with Gasteiger partial charge in [0.15, 0.2) is 0 Å². The third-order valence-corrected chi connectivity index (χ3v) is 4.86. The second kappa shape index (κ2) is 3.47. The predicted molar refractivity (Wildman–Crippen MR) is 70.1 cm³/mol. The zero-order valence-electron chi connectivity index (χ0n) is 10.5. The Hall–Kier alpha value is -1.57. The van der Waals surface area contributed by atoms with Gasteiger partial charge in [-0.05, 0) is 42.4 Å². The molecule has 2 nitrogen and oxygen atoms in total. The van der Waals surface area contributed by atoms with Gasteiger partial charge >= 0.3 is 0 Å². The maximum Gasteiger partial charge on any atom is 0.247 e. The number of amides is 1. The summed E-state index contributed by atoms with van der Waals surface area (Å²) in [6.07, 6.45) is 7.59. The molecule has 3 aliphatic rings. The molecular weight excluding hydrogens is 222 g/mol. The van der Waals surface area contributed by atoms with Crippen LogP contribution in [0.1, 0.15) is 36.8 Å². The minimum Gasteiger partial charge on any atom is -0.325 e. The number of rotatable bonds is 0. The van der Waals surface area contributed by atoms with Gasteiger partial charge in [-0.25, -0.2) is 0 Å². The average molecular weight is 239 g/mol. The molecule has 1 aromatic carbocycles. The molecule has 0 N–H and O–H groups in total. The molecular formula is C16H17NO. The summed E-state index contributed by atoms with van der Waals surface area (Å²) in [5.41, 5.74) is 4.14. The number of benzene rings is 1. The standard InChI is InChI=1S/C16H17NO/c18-15-11-13-6-3-4-9-16(13)14-7-2-1-5-12(14)8-10-17(15)16/h1-2,5,7,11H,3-4,6,8-10H2. The molecule has 1 spiro atoms. The first kappa shape index (κ1) is 10.4. The zero-order chi connectivity index (χ0) is 12.2. The fourth-order valence-electron chi connectivity index (χ4n) is 4.11.